The van der Waals surface area contributed by atoms with Crippen molar-refractivity contribution < 1.29 is 14.7 Å². The molecule has 1 aliphatic rings. The number of hydrogen-bond acceptors (Lipinski definition) is 2. The van der Waals surface area contributed by atoms with Crippen molar-refractivity contribution in [1.29, 1.82) is 0 Å². The highest BCUT2D eigenvalue weighted by molar-refractivity contribution is 5.78. The van der Waals surface area contributed by atoms with Crippen molar-refractivity contribution in [2.24, 2.45) is 5.41 Å². The number of aliphatic carboxylic acids is 1. The SMILES string of the molecule is C#CC(CC)NC(=O)NCC1(C(=O)O)CCCC1. The number of urea groups is 1. The van der Waals surface area contributed by atoms with Crippen LogP contribution in [0.5, 0.6) is 0 Å². The minimum absolute atomic E-state index is 0.162. The Balaban J connectivity index is 2.46. The molecular formula is C13H20N2O3. The van der Waals surface area contributed by atoms with E-state index >= 15 is 0 Å². The van der Waals surface area contributed by atoms with Crippen LogP contribution in [0, 0.1) is 17.8 Å². The molecule has 2 amide bonds. The van der Waals surface area contributed by atoms with Crippen LogP contribution in [-0.2, 0) is 4.79 Å². The molecule has 100 valence electrons. The van der Waals surface area contributed by atoms with Crippen molar-refractivity contribution in [3.05, 3.63) is 0 Å². The molecule has 0 spiro atoms. The molecule has 3 N–H and O–H groups in total. The van der Waals surface area contributed by atoms with Crippen molar-refractivity contribution in [3.8, 4) is 12.3 Å². The Hall–Kier alpha value is -1.70. The predicted molar refractivity (Wildman–Crippen MR) is 68.0 cm³/mol. The van der Waals surface area contributed by atoms with Crippen LogP contribution < -0.4 is 10.6 Å². The standard InChI is InChI=1S/C13H20N2O3/c1-3-10(4-2)15-12(18)14-9-13(11(16)17)7-5-6-8-13/h1,10H,4-9H2,2H3,(H,16,17)(H2,14,15,18). The van der Waals surface area contributed by atoms with E-state index in [9.17, 15) is 14.7 Å². The lowest BCUT2D eigenvalue weighted by molar-refractivity contribution is -0.148. The van der Waals surface area contributed by atoms with Gasteiger partial charge in [0.1, 0.15) is 0 Å². The lowest BCUT2D eigenvalue weighted by Crippen LogP contribution is -2.47. The molecule has 0 radical (unpaired) electrons. The molecule has 0 aliphatic heterocycles. The minimum Gasteiger partial charge on any atom is -0.481 e. The van der Waals surface area contributed by atoms with Crippen molar-refractivity contribution in [1.82, 2.24) is 10.6 Å². The van der Waals surface area contributed by atoms with E-state index in [-0.39, 0.29) is 12.6 Å². The van der Waals surface area contributed by atoms with Crippen LogP contribution in [0.15, 0.2) is 0 Å². The van der Waals surface area contributed by atoms with Gasteiger partial charge in [0.25, 0.3) is 0 Å². The summed E-state index contributed by atoms with van der Waals surface area (Å²) >= 11 is 0. The molecule has 1 atom stereocenters. The zero-order valence-electron chi connectivity index (χ0n) is 10.7. The molecule has 5 heteroatoms. The van der Waals surface area contributed by atoms with E-state index < -0.39 is 17.4 Å². The van der Waals surface area contributed by atoms with Gasteiger partial charge in [0.15, 0.2) is 0 Å². The Morgan fingerprint density at radius 3 is 2.50 bits per heavy atom. The lowest BCUT2D eigenvalue weighted by atomic mass is 9.86. The highest BCUT2D eigenvalue weighted by Gasteiger charge is 2.41. The first-order chi connectivity index (χ1) is 8.54. The first-order valence-corrected chi connectivity index (χ1v) is 6.28. The van der Waals surface area contributed by atoms with E-state index in [0.29, 0.717) is 19.3 Å². The number of carboxylic acid groups (broad SMARTS) is 1. The van der Waals surface area contributed by atoms with Crippen molar-refractivity contribution in [2.45, 2.75) is 45.1 Å². The third-order valence-electron chi connectivity index (χ3n) is 3.52. The van der Waals surface area contributed by atoms with E-state index in [2.05, 4.69) is 16.6 Å². The number of rotatable bonds is 5. The Morgan fingerprint density at radius 1 is 1.44 bits per heavy atom. The number of hydrogen-bond donors (Lipinski definition) is 3. The summed E-state index contributed by atoms with van der Waals surface area (Å²) in [6, 6.07) is -0.707. The number of carboxylic acids is 1. The summed E-state index contributed by atoms with van der Waals surface area (Å²) in [5, 5.41) is 14.5. The Labute approximate surface area is 107 Å². The molecule has 1 fully saturated rings. The maximum absolute atomic E-state index is 11.6. The van der Waals surface area contributed by atoms with Gasteiger partial charge >= 0.3 is 12.0 Å². The summed E-state index contributed by atoms with van der Waals surface area (Å²) in [5.41, 5.74) is -0.796. The number of amides is 2. The molecule has 0 aromatic rings. The van der Waals surface area contributed by atoms with E-state index in [1.54, 1.807) is 0 Å². The van der Waals surface area contributed by atoms with Gasteiger partial charge in [-0.05, 0) is 19.3 Å². The Kier molecular flexibility index (Phi) is 5.02. The molecule has 5 nitrogen and oxygen atoms in total. The predicted octanol–water partition coefficient (Wildman–Crippen LogP) is 1.34. The quantitative estimate of drug-likeness (QED) is 0.646. The van der Waals surface area contributed by atoms with Gasteiger partial charge in [-0.3, -0.25) is 4.79 Å². The lowest BCUT2D eigenvalue weighted by Gasteiger charge is -2.24. The van der Waals surface area contributed by atoms with Crippen molar-refractivity contribution in [3.63, 3.8) is 0 Å². The molecule has 0 bridgehead atoms. The van der Waals surface area contributed by atoms with E-state index in [1.165, 1.54) is 0 Å². The molecule has 0 aromatic carbocycles. The minimum atomic E-state index is -0.829. The fraction of sp³-hybridized carbons (Fsp3) is 0.692. The Morgan fingerprint density at radius 2 is 2.06 bits per heavy atom. The average Bonchev–Trinajstić information content (AvgIpc) is 2.83. The van der Waals surface area contributed by atoms with Gasteiger partial charge in [0.2, 0.25) is 0 Å². The van der Waals surface area contributed by atoms with E-state index in [1.807, 2.05) is 6.92 Å². The van der Waals surface area contributed by atoms with Gasteiger partial charge in [-0.2, -0.15) is 0 Å². The first-order valence-electron chi connectivity index (χ1n) is 6.28. The van der Waals surface area contributed by atoms with Gasteiger partial charge in [-0.25, -0.2) is 4.79 Å². The van der Waals surface area contributed by atoms with Gasteiger partial charge in [0, 0.05) is 6.54 Å². The molecule has 0 saturated heterocycles. The van der Waals surface area contributed by atoms with Crippen LogP contribution in [0.25, 0.3) is 0 Å². The molecule has 1 saturated carbocycles. The summed E-state index contributed by atoms with van der Waals surface area (Å²) < 4.78 is 0. The highest BCUT2D eigenvalue weighted by Crippen LogP contribution is 2.37. The summed E-state index contributed by atoms with van der Waals surface area (Å²) in [6.45, 7) is 2.04. The Bertz CT molecular complexity index is 354. The van der Waals surface area contributed by atoms with E-state index in [4.69, 9.17) is 6.42 Å². The number of carbonyl (C=O) groups is 2. The number of carbonyl (C=O) groups excluding carboxylic acids is 1. The smallest absolute Gasteiger partial charge is 0.315 e. The highest BCUT2D eigenvalue weighted by atomic mass is 16.4. The molecule has 0 heterocycles. The molecule has 1 rings (SSSR count). The number of nitrogens with one attached hydrogen (secondary N) is 2. The fourth-order valence-electron chi connectivity index (χ4n) is 2.24. The third kappa shape index (κ3) is 3.39. The van der Waals surface area contributed by atoms with Crippen molar-refractivity contribution >= 4 is 12.0 Å². The molecular weight excluding hydrogens is 232 g/mol. The topological polar surface area (TPSA) is 78.4 Å². The molecule has 1 aliphatic carbocycles. The second kappa shape index (κ2) is 6.29. The maximum atomic E-state index is 11.6. The van der Waals surface area contributed by atoms with Gasteiger partial charge < -0.3 is 15.7 Å². The van der Waals surface area contributed by atoms with E-state index in [0.717, 1.165) is 12.8 Å². The van der Waals surface area contributed by atoms with Crippen LogP contribution >= 0.6 is 0 Å². The molecule has 18 heavy (non-hydrogen) atoms. The van der Waals surface area contributed by atoms with Crippen LogP contribution in [-0.4, -0.2) is 29.7 Å². The largest absolute Gasteiger partial charge is 0.481 e. The second-order valence-electron chi connectivity index (χ2n) is 4.75. The fourth-order valence-corrected chi connectivity index (χ4v) is 2.24. The van der Waals surface area contributed by atoms with Crippen LogP contribution in [0.3, 0.4) is 0 Å². The zero-order chi connectivity index (χ0) is 13.6. The summed E-state index contributed by atoms with van der Waals surface area (Å²) in [7, 11) is 0. The van der Waals surface area contributed by atoms with Gasteiger partial charge in [-0.15, -0.1) is 6.42 Å². The summed E-state index contributed by atoms with van der Waals surface area (Å²) in [4.78, 5) is 22.8. The molecule has 1 unspecified atom stereocenters. The van der Waals surface area contributed by atoms with Crippen LogP contribution in [0.4, 0.5) is 4.79 Å². The third-order valence-corrected chi connectivity index (χ3v) is 3.52. The van der Waals surface area contributed by atoms with Gasteiger partial charge in [-0.1, -0.05) is 25.7 Å². The van der Waals surface area contributed by atoms with Crippen LogP contribution in [0.2, 0.25) is 0 Å². The zero-order valence-corrected chi connectivity index (χ0v) is 10.7. The second-order valence-corrected chi connectivity index (χ2v) is 4.75. The normalized spacial score (nSPS) is 18.7. The van der Waals surface area contributed by atoms with Crippen LogP contribution in [0.1, 0.15) is 39.0 Å². The van der Waals surface area contributed by atoms with Crippen molar-refractivity contribution in [2.75, 3.05) is 6.54 Å². The molecule has 0 aromatic heterocycles. The average molecular weight is 252 g/mol. The van der Waals surface area contributed by atoms with Gasteiger partial charge in [0.05, 0.1) is 11.5 Å². The summed E-state index contributed by atoms with van der Waals surface area (Å²) in [6.07, 6.45) is 8.92. The summed E-state index contributed by atoms with van der Waals surface area (Å²) in [5.74, 6) is 1.63. The number of terminal acetylenes is 1. The monoisotopic (exact) mass is 252 g/mol. The first kappa shape index (κ1) is 14.4. The maximum Gasteiger partial charge on any atom is 0.315 e.